The van der Waals surface area contributed by atoms with E-state index in [1.807, 2.05) is 0 Å². The van der Waals surface area contributed by atoms with E-state index in [1.165, 1.54) is 45.6 Å². The standard InChI is InChI=1S/C19H16N2O7/c1-26-16-6-10(7-17(27-2)18(16)28-3)15-9-13(19(22)23)12-8-11(21(24)25)4-5-14(12)20-15/h4-9H,1-3H3,(H,22,23). The van der Waals surface area contributed by atoms with E-state index < -0.39 is 10.9 Å². The lowest BCUT2D eigenvalue weighted by molar-refractivity contribution is -0.384. The van der Waals surface area contributed by atoms with Crippen LogP contribution in [0.5, 0.6) is 17.2 Å². The van der Waals surface area contributed by atoms with Gasteiger partial charge in [-0.25, -0.2) is 9.78 Å². The molecule has 0 aliphatic rings. The summed E-state index contributed by atoms with van der Waals surface area (Å²) >= 11 is 0. The maximum Gasteiger partial charge on any atom is 0.336 e. The van der Waals surface area contributed by atoms with E-state index in [4.69, 9.17) is 14.2 Å². The van der Waals surface area contributed by atoms with Crippen LogP contribution in [-0.4, -0.2) is 42.3 Å². The monoisotopic (exact) mass is 384 g/mol. The first-order valence-electron chi connectivity index (χ1n) is 8.02. The van der Waals surface area contributed by atoms with E-state index in [9.17, 15) is 20.0 Å². The third-order valence-electron chi connectivity index (χ3n) is 4.19. The zero-order valence-corrected chi connectivity index (χ0v) is 15.3. The van der Waals surface area contributed by atoms with Gasteiger partial charge in [-0.2, -0.15) is 0 Å². The predicted molar refractivity (Wildman–Crippen MR) is 100 cm³/mol. The van der Waals surface area contributed by atoms with Crippen molar-refractivity contribution in [1.82, 2.24) is 4.98 Å². The summed E-state index contributed by atoms with van der Waals surface area (Å²) in [6.07, 6.45) is 0. The number of fused-ring (bicyclic) bond motifs is 1. The molecule has 0 fully saturated rings. The van der Waals surface area contributed by atoms with Crippen LogP contribution >= 0.6 is 0 Å². The van der Waals surface area contributed by atoms with Crippen molar-refractivity contribution in [3.63, 3.8) is 0 Å². The number of nitrogens with zero attached hydrogens (tertiary/aromatic N) is 2. The van der Waals surface area contributed by atoms with Crippen LogP contribution in [0.25, 0.3) is 22.2 Å². The number of nitro benzene ring substituents is 1. The summed E-state index contributed by atoms with van der Waals surface area (Å²) in [7, 11) is 4.41. The van der Waals surface area contributed by atoms with Crippen LogP contribution in [0.15, 0.2) is 36.4 Å². The molecule has 0 unspecified atom stereocenters. The van der Waals surface area contributed by atoms with Gasteiger partial charge in [-0.15, -0.1) is 0 Å². The number of benzene rings is 2. The van der Waals surface area contributed by atoms with Crippen LogP contribution < -0.4 is 14.2 Å². The van der Waals surface area contributed by atoms with Gasteiger partial charge in [-0.1, -0.05) is 0 Å². The maximum absolute atomic E-state index is 11.8. The fourth-order valence-electron chi connectivity index (χ4n) is 2.88. The molecule has 0 atom stereocenters. The minimum atomic E-state index is -1.22. The molecule has 1 aromatic heterocycles. The summed E-state index contributed by atoms with van der Waals surface area (Å²) in [5.74, 6) is -0.0520. The first kappa shape index (κ1) is 18.9. The average Bonchev–Trinajstić information content (AvgIpc) is 2.70. The second-order valence-electron chi connectivity index (χ2n) is 5.73. The van der Waals surface area contributed by atoms with Crippen LogP contribution in [0.4, 0.5) is 5.69 Å². The van der Waals surface area contributed by atoms with Crippen LogP contribution in [0.1, 0.15) is 10.4 Å². The molecular formula is C19H16N2O7. The Labute approximate surface area is 159 Å². The number of carboxylic acids is 1. The molecular weight excluding hydrogens is 368 g/mol. The number of aromatic carboxylic acids is 1. The van der Waals surface area contributed by atoms with Gasteiger partial charge in [0.05, 0.1) is 43.0 Å². The SMILES string of the molecule is COc1cc(-c2cc(C(=O)O)c3cc([N+](=O)[O-])ccc3n2)cc(OC)c1OC. The van der Waals surface area contributed by atoms with Crippen molar-refractivity contribution in [1.29, 1.82) is 0 Å². The fraction of sp³-hybridized carbons (Fsp3) is 0.158. The van der Waals surface area contributed by atoms with Gasteiger partial charge in [0.1, 0.15) is 0 Å². The Morgan fingerprint density at radius 2 is 1.68 bits per heavy atom. The Kier molecular flexibility index (Phi) is 4.99. The summed E-state index contributed by atoms with van der Waals surface area (Å²) in [5, 5.41) is 20.8. The number of carbonyl (C=O) groups is 1. The summed E-state index contributed by atoms with van der Waals surface area (Å²) in [6.45, 7) is 0. The van der Waals surface area contributed by atoms with E-state index in [2.05, 4.69) is 4.98 Å². The Balaban J connectivity index is 2.28. The molecule has 0 saturated carbocycles. The smallest absolute Gasteiger partial charge is 0.336 e. The van der Waals surface area contributed by atoms with Gasteiger partial charge in [-0.05, 0) is 24.3 Å². The van der Waals surface area contributed by atoms with E-state index in [1.54, 1.807) is 12.1 Å². The predicted octanol–water partition coefficient (Wildman–Crippen LogP) is 3.53. The van der Waals surface area contributed by atoms with Crippen molar-refractivity contribution >= 4 is 22.6 Å². The molecule has 1 heterocycles. The van der Waals surface area contributed by atoms with Gasteiger partial charge >= 0.3 is 5.97 Å². The molecule has 0 amide bonds. The molecule has 9 nitrogen and oxygen atoms in total. The largest absolute Gasteiger partial charge is 0.493 e. The van der Waals surface area contributed by atoms with Crippen molar-refractivity contribution in [2.45, 2.75) is 0 Å². The Morgan fingerprint density at radius 3 is 2.18 bits per heavy atom. The molecule has 0 aliphatic carbocycles. The zero-order valence-electron chi connectivity index (χ0n) is 15.3. The lowest BCUT2D eigenvalue weighted by Gasteiger charge is -2.14. The zero-order chi connectivity index (χ0) is 20.4. The van der Waals surface area contributed by atoms with Crippen molar-refractivity contribution in [2.24, 2.45) is 0 Å². The maximum atomic E-state index is 11.8. The van der Waals surface area contributed by atoms with Crippen molar-refractivity contribution in [3.05, 3.63) is 52.1 Å². The number of nitro groups is 1. The van der Waals surface area contributed by atoms with Gasteiger partial charge in [0.2, 0.25) is 5.75 Å². The number of hydrogen-bond donors (Lipinski definition) is 1. The van der Waals surface area contributed by atoms with E-state index >= 15 is 0 Å². The highest BCUT2D eigenvalue weighted by atomic mass is 16.6. The van der Waals surface area contributed by atoms with Gasteiger partial charge < -0.3 is 19.3 Å². The Hall–Kier alpha value is -3.88. The molecule has 2 aromatic carbocycles. The minimum absolute atomic E-state index is 0.0996. The van der Waals surface area contributed by atoms with Crippen molar-refractivity contribution < 1.29 is 29.0 Å². The number of methoxy groups -OCH3 is 3. The molecule has 1 N–H and O–H groups in total. The first-order valence-corrected chi connectivity index (χ1v) is 8.02. The number of rotatable bonds is 6. The molecule has 28 heavy (non-hydrogen) atoms. The van der Waals surface area contributed by atoms with Crippen LogP contribution in [0.3, 0.4) is 0 Å². The Bertz CT molecular complexity index is 1070. The summed E-state index contributed by atoms with van der Waals surface area (Å²) in [4.78, 5) is 26.6. The molecule has 0 aliphatic heterocycles. The minimum Gasteiger partial charge on any atom is -0.493 e. The van der Waals surface area contributed by atoms with Gasteiger partial charge in [-0.3, -0.25) is 10.1 Å². The molecule has 3 aromatic rings. The molecule has 0 radical (unpaired) electrons. The van der Waals surface area contributed by atoms with Crippen LogP contribution in [0, 0.1) is 10.1 Å². The number of aromatic nitrogens is 1. The number of pyridine rings is 1. The molecule has 0 bridgehead atoms. The molecule has 0 spiro atoms. The number of hydrogen-bond acceptors (Lipinski definition) is 7. The third-order valence-corrected chi connectivity index (χ3v) is 4.19. The summed E-state index contributed by atoms with van der Waals surface area (Å²) < 4.78 is 15.9. The van der Waals surface area contributed by atoms with Crippen molar-refractivity contribution in [3.8, 4) is 28.5 Å². The summed E-state index contributed by atoms with van der Waals surface area (Å²) in [6, 6.07) is 8.54. The van der Waals surface area contributed by atoms with Crippen LogP contribution in [0.2, 0.25) is 0 Å². The van der Waals surface area contributed by atoms with Crippen molar-refractivity contribution in [2.75, 3.05) is 21.3 Å². The molecule has 9 heteroatoms. The highest BCUT2D eigenvalue weighted by molar-refractivity contribution is 6.04. The average molecular weight is 384 g/mol. The van der Waals surface area contributed by atoms with Crippen LogP contribution in [-0.2, 0) is 0 Å². The van der Waals surface area contributed by atoms with E-state index in [0.29, 0.717) is 34.0 Å². The number of carboxylic acid groups (broad SMARTS) is 1. The lowest BCUT2D eigenvalue weighted by atomic mass is 10.0. The quantitative estimate of drug-likeness (QED) is 0.506. The molecule has 0 saturated heterocycles. The normalized spacial score (nSPS) is 10.5. The van der Waals surface area contributed by atoms with E-state index in [-0.39, 0.29) is 16.6 Å². The third kappa shape index (κ3) is 3.25. The molecule has 144 valence electrons. The second-order valence-corrected chi connectivity index (χ2v) is 5.73. The lowest BCUT2D eigenvalue weighted by Crippen LogP contribution is -2.02. The number of non-ortho nitro benzene ring substituents is 1. The second kappa shape index (κ2) is 7.39. The topological polar surface area (TPSA) is 121 Å². The van der Waals surface area contributed by atoms with Gasteiger partial charge in [0.25, 0.3) is 5.69 Å². The van der Waals surface area contributed by atoms with E-state index in [0.717, 1.165) is 0 Å². The van der Waals surface area contributed by atoms with Gasteiger partial charge in [0, 0.05) is 23.1 Å². The Morgan fingerprint density at radius 1 is 1.04 bits per heavy atom. The number of ether oxygens (including phenoxy) is 3. The molecule has 3 rings (SSSR count). The summed E-state index contributed by atoms with van der Waals surface area (Å²) in [5.41, 5.74) is 0.888. The highest BCUT2D eigenvalue weighted by Crippen LogP contribution is 2.41. The highest BCUT2D eigenvalue weighted by Gasteiger charge is 2.19. The van der Waals surface area contributed by atoms with Gasteiger partial charge in [0.15, 0.2) is 11.5 Å². The fourth-order valence-corrected chi connectivity index (χ4v) is 2.88. The first-order chi connectivity index (χ1) is 13.4.